The Kier molecular flexibility index (Phi) is 3.12. The SMILES string of the molecule is CN1CC[C@]2(c3ccc4c(c3)OC(F)(F)CO4)CCCC[C@H]12. The summed E-state index contributed by atoms with van der Waals surface area (Å²) in [6.07, 6.45) is 2.61. The quantitative estimate of drug-likeness (QED) is 0.791. The molecule has 3 nitrogen and oxygen atoms in total. The van der Waals surface area contributed by atoms with Crippen LogP contribution in [0.2, 0.25) is 0 Å². The summed E-state index contributed by atoms with van der Waals surface area (Å²) in [5.41, 5.74) is 1.21. The number of halogens is 2. The maximum Gasteiger partial charge on any atom is 0.433 e. The molecule has 0 spiro atoms. The van der Waals surface area contributed by atoms with E-state index in [4.69, 9.17) is 9.47 Å². The number of hydrogen-bond donors (Lipinski definition) is 0. The van der Waals surface area contributed by atoms with Crippen LogP contribution < -0.4 is 9.47 Å². The maximum absolute atomic E-state index is 13.4. The molecule has 1 aliphatic carbocycles. The van der Waals surface area contributed by atoms with Crippen molar-refractivity contribution in [3.05, 3.63) is 23.8 Å². The molecular formula is C17H21F2NO2. The van der Waals surface area contributed by atoms with E-state index in [2.05, 4.69) is 11.9 Å². The van der Waals surface area contributed by atoms with Crippen LogP contribution in [0.15, 0.2) is 18.2 Å². The van der Waals surface area contributed by atoms with Gasteiger partial charge in [0.15, 0.2) is 18.1 Å². The van der Waals surface area contributed by atoms with Crippen molar-refractivity contribution < 1.29 is 18.3 Å². The fraction of sp³-hybridized carbons (Fsp3) is 0.647. The van der Waals surface area contributed by atoms with Gasteiger partial charge in [0.2, 0.25) is 0 Å². The van der Waals surface area contributed by atoms with Gasteiger partial charge in [-0.1, -0.05) is 18.9 Å². The third kappa shape index (κ3) is 2.09. The molecule has 1 aromatic rings. The third-order valence-corrected chi connectivity index (χ3v) is 5.60. The highest BCUT2D eigenvalue weighted by molar-refractivity contribution is 5.47. The van der Waals surface area contributed by atoms with Crippen LogP contribution in [-0.4, -0.2) is 37.2 Å². The molecule has 1 aromatic carbocycles. The summed E-state index contributed by atoms with van der Waals surface area (Å²) >= 11 is 0. The molecule has 0 N–H and O–H groups in total. The molecule has 2 heterocycles. The van der Waals surface area contributed by atoms with E-state index in [-0.39, 0.29) is 11.2 Å². The molecule has 1 saturated heterocycles. The smallest absolute Gasteiger partial charge is 0.433 e. The number of rotatable bonds is 1. The molecule has 2 aliphatic heterocycles. The minimum absolute atomic E-state index is 0.0815. The lowest BCUT2D eigenvalue weighted by Gasteiger charge is -2.42. The van der Waals surface area contributed by atoms with E-state index >= 15 is 0 Å². The van der Waals surface area contributed by atoms with E-state index < -0.39 is 12.7 Å². The van der Waals surface area contributed by atoms with Crippen molar-refractivity contribution in [3.63, 3.8) is 0 Å². The minimum atomic E-state index is -3.23. The predicted molar refractivity (Wildman–Crippen MR) is 78.7 cm³/mol. The molecule has 4 rings (SSSR count). The van der Waals surface area contributed by atoms with Crippen molar-refractivity contribution in [2.45, 2.75) is 49.7 Å². The number of alkyl halides is 2. The van der Waals surface area contributed by atoms with Crippen LogP contribution in [0, 0.1) is 0 Å². The van der Waals surface area contributed by atoms with Gasteiger partial charge in [0.05, 0.1) is 0 Å². The van der Waals surface area contributed by atoms with Crippen molar-refractivity contribution in [2.75, 3.05) is 20.2 Å². The Morgan fingerprint density at radius 1 is 1.18 bits per heavy atom. The van der Waals surface area contributed by atoms with Gasteiger partial charge in [0, 0.05) is 11.5 Å². The van der Waals surface area contributed by atoms with Crippen molar-refractivity contribution in [1.29, 1.82) is 0 Å². The fourth-order valence-corrected chi connectivity index (χ4v) is 4.54. The molecule has 0 amide bonds. The zero-order valence-electron chi connectivity index (χ0n) is 12.8. The van der Waals surface area contributed by atoms with E-state index in [1.54, 1.807) is 12.1 Å². The lowest BCUT2D eigenvalue weighted by Crippen LogP contribution is -2.43. The van der Waals surface area contributed by atoms with Gasteiger partial charge in [-0.05, 0) is 50.6 Å². The van der Waals surface area contributed by atoms with E-state index in [0.29, 0.717) is 11.8 Å². The van der Waals surface area contributed by atoms with Crippen LogP contribution in [0.4, 0.5) is 8.78 Å². The van der Waals surface area contributed by atoms with Gasteiger partial charge in [-0.2, -0.15) is 8.78 Å². The number of benzene rings is 1. The number of nitrogens with zero attached hydrogens (tertiary/aromatic N) is 1. The van der Waals surface area contributed by atoms with Crippen LogP contribution in [0.25, 0.3) is 0 Å². The Labute approximate surface area is 129 Å². The first-order valence-electron chi connectivity index (χ1n) is 8.05. The molecule has 0 bridgehead atoms. The summed E-state index contributed by atoms with van der Waals surface area (Å²) in [5, 5.41) is 0. The van der Waals surface area contributed by atoms with Crippen LogP contribution in [0.1, 0.15) is 37.7 Å². The van der Waals surface area contributed by atoms with Gasteiger partial charge < -0.3 is 14.4 Å². The lowest BCUT2D eigenvalue weighted by molar-refractivity contribution is -0.208. The normalized spacial score (nSPS) is 33.5. The first-order chi connectivity index (χ1) is 10.5. The third-order valence-electron chi connectivity index (χ3n) is 5.60. The summed E-state index contributed by atoms with van der Waals surface area (Å²) in [5.74, 6) is 0.604. The van der Waals surface area contributed by atoms with Crippen LogP contribution in [-0.2, 0) is 5.41 Å². The average Bonchev–Trinajstić information content (AvgIpc) is 2.85. The van der Waals surface area contributed by atoms with Crippen molar-refractivity contribution >= 4 is 0 Å². The molecule has 0 aromatic heterocycles. The maximum atomic E-state index is 13.4. The molecule has 2 atom stereocenters. The van der Waals surface area contributed by atoms with Crippen molar-refractivity contribution in [1.82, 2.24) is 4.90 Å². The molecule has 5 heteroatoms. The van der Waals surface area contributed by atoms with Gasteiger partial charge in [-0.25, -0.2) is 0 Å². The Bertz CT molecular complexity index is 588. The van der Waals surface area contributed by atoms with Crippen LogP contribution in [0.5, 0.6) is 11.5 Å². The summed E-state index contributed by atoms with van der Waals surface area (Å²) in [7, 11) is 2.17. The summed E-state index contributed by atoms with van der Waals surface area (Å²) in [6.45, 7) is 0.352. The lowest BCUT2D eigenvalue weighted by atomic mass is 9.66. The number of ether oxygens (including phenoxy) is 2. The molecule has 1 saturated carbocycles. The zero-order valence-corrected chi connectivity index (χ0v) is 12.8. The van der Waals surface area contributed by atoms with Gasteiger partial charge in [0.1, 0.15) is 0 Å². The number of fused-ring (bicyclic) bond motifs is 2. The molecule has 120 valence electrons. The highest BCUT2D eigenvalue weighted by atomic mass is 19.3. The van der Waals surface area contributed by atoms with E-state index in [0.717, 1.165) is 24.9 Å². The summed E-state index contributed by atoms with van der Waals surface area (Å²) in [4.78, 5) is 2.42. The fourth-order valence-electron chi connectivity index (χ4n) is 4.54. The van der Waals surface area contributed by atoms with Crippen molar-refractivity contribution in [2.24, 2.45) is 0 Å². The second-order valence-corrected chi connectivity index (χ2v) is 6.84. The topological polar surface area (TPSA) is 21.7 Å². The number of hydrogen-bond acceptors (Lipinski definition) is 3. The standard InChI is InChI=1S/C17H21F2NO2/c1-20-9-8-16(7-3-2-4-15(16)20)12-5-6-13-14(10-12)22-17(18,19)11-21-13/h5-6,10,15H,2-4,7-9,11H2,1H3/t15-,16-/m0/s1. The van der Waals surface area contributed by atoms with Crippen molar-refractivity contribution in [3.8, 4) is 11.5 Å². The number of likely N-dealkylation sites (N-methyl/N-ethyl adjacent to an activating group) is 1. The Morgan fingerprint density at radius 3 is 2.91 bits per heavy atom. The summed E-state index contributed by atoms with van der Waals surface area (Å²) in [6, 6.07) is 6.13. The zero-order chi connectivity index (χ0) is 15.4. The molecule has 3 aliphatic rings. The molecule has 22 heavy (non-hydrogen) atoms. The van der Waals surface area contributed by atoms with E-state index in [9.17, 15) is 8.78 Å². The monoisotopic (exact) mass is 309 g/mol. The highest BCUT2D eigenvalue weighted by Gasteiger charge is 2.49. The highest BCUT2D eigenvalue weighted by Crippen LogP contribution is 2.50. The van der Waals surface area contributed by atoms with E-state index in [1.807, 2.05) is 6.07 Å². The Hall–Kier alpha value is -1.36. The molecule has 0 radical (unpaired) electrons. The second-order valence-electron chi connectivity index (χ2n) is 6.84. The van der Waals surface area contributed by atoms with Crippen LogP contribution >= 0.6 is 0 Å². The van der Waals surface area contributed by atoms with Crippen LogP contribution in [0.3, 0.4) is 0 Å². The number of likely N-dealkylation sites (tertiary alicyclic amines) is 1. The molecular weight excluding hydrogens is 288 g/mol. The van der Waals surface area contributed by atoms with Gasteiger partial charge in [-0.3, -0.25) is 0 Å². The van der Waals surface area contributed by atoms with Gasteiger partial charge in [-0.15, -0.1) is 0 Å². The van der Waals surface area contributed by atoms with E-state index in [1.165, 1.54) is 19.3 Å². The average molecular weight is 309 g/mol. The van der Waals surface area contributed by atoms with Gasteiger partial charge in [0.25, 0.3) is 0 Å². The van der Waals surface area contributed by atoms with Gasteiger partial charge >= 0.3 is 6.11 Å². The first kappa shape index (κ1) is 14.2. The summed E-state index contributed by atoms with van der Waals surface area (Å²) < 4.78 is 36.8. The minimum Gasteiger partial charge on any atom is -0.479 e. The molecule has 2 fully saturated rings. The predicted octanol–water partition coefficient (Wildman–Crippen LogP) is 3.57. The first-order valence-corrected chi connectivity index (χ1v) is 8.05. The Morgan fingerprint density at radius 2 is 2.05 bits per heavy atom. The second kappa shape index (κ2) is 4.82. The molecule has 0 unspecified atom stereocenters. The largest absolute Gasteiger partial charge is 0.479 e. The Balaban J connectivity index is 1.73.